The fourth-order valence-electron chi connectivity index (χ4n) is 2.76. The van der Waals surface area contributed by atoms with E-state index in [9.17, 15) is 0 Å². The molecule has 1 heterocycles. The third-order valence-electron chi connectivity index (χ3n) is 3.79. The second kappa shape index (κ2) is 7.30. The van der Waals surface area contributed by atoms with Gasteiger partial charge in [-0.15, -0.1) is 0 Å². The first-order chi connectivity index (χ1) is 9.21. The number of hydrogen-bond donors (Lipinski definition) is 0. The lowest BCUT2D eigenvalue weighted by Crippen LogP contribution is -2.17. The third kappa shape index (κ3) is 4.50. The maximum absolute atomic E-state index is 5.93. The third-order valence-corrected chi connectivity index (χ3v) is 4.71. The Morgan fingerprint density at radius 3 is 2.89 bits per heavy atom. The van der Waals surface area contributed by atoms with E-state index in [4.69, 9.17) is 9.47 Å². The van der Waals surface area contributed by atoms with Gasteiger partial charge >= 0.3 is 0 Å². The molecule has 2 nitrogen and oxygen atoms in total. The van der Waals surface area contributed by atoms with Crippen LogP contribution in [0.5, 0.6) is 5.75 Å². The molecule has 3 atom stereocenters. The number of rotatable bonds is 6. The molecule has 1 fully saturated rings. The first-order valence-corrected chi connectivity index (χ1v) is 8.17. The summed E-state index contributed by atoms with van der Waals surface area (Å²) in [6.07, 6.45) is 5.53. The van der Waals surface area contributed by atoms with Crippen LogP contribution in [0.4, 0.5) is 0 Å². The highest BCUT2D eigenvalue weighted by Crippen LogP contribution is 2.27. The Morgan fingerprint density at radius 2 is 2.26 bits per heavy atom. The summed E-state index contributed by atoms with van der Waals surface area (Å²) in [7, 11) is 1.72. The lowest BCUT2D eigenvalue weighted by Gasteiger charge is -2.19. The predicted octanol–water partition coefficient (Wildman–Crippen LogP) is 4.21. The second-order valence-corrected chi connectivity index (χ2v) is 6.11. The Balaban J connectivity index is 1.90. The van der Waals surface area contributed by atoms with Gasteiger partial charge in [0.25, 0.3) is 0 Å². The lowest BCUT2D eigenvalue weighted by molar-refractivity contribution is 0.0428. The van der Waals surface area contributed by atoms with Gasteiger partial charge in [0, 0.05) is 5.33 Å². The van der Waals surface area contributed by atoms with Crippen molar-refractivity contribution in [3.63, 3.8) is 0 Å². The van der Waals surface area contributed by atoms with Gasteiger partial charge in [-0.25, -0.2) is 0 Å². The Morgan fingerprint density at radius 1 is 1.42 bits per heavy atom. The van der Waals surface area contributed by atoms with Crippen molar-refractivity contribution in [1.29, 1.82) is 0 Å². The molecule has 106 valence electrons. The van der Waals surface area contributed by atoms with Crippen LogP contribution in [0.1, 0.15) is 31.7 Å². The highest BCUT2D eigenvalue weighted by molar-refractivity contribution is 9.09. The summed E-state index contributed by atoms with van der Waals surface area (Å²) in [6.45, 7) is 2.17. The van der Waals surface area contributed by atoms with Gasteiger partial charge in [-0.05, 0) is 56.2 Å². The van der Waals surface area contributed by atoms with E-state index in [1.165, 1.54) is 18.4 Å². The number of alkyl halides is 1. The van der Waals surface area contributed by atoms with Crippen LogP contribution in [0.25, 0.3) is 0 Å². The van der Waals surface area contributed by atoms with Gasteiger partial charge in [0.15, 0.2) is 0 Å². The second-order valence-electron chi connectivity index (χ2n) is 5.46. The van der Waals surface area contributed by atoms with Crippen LogP contribution in [0.15, 0.2) is 24.3 Å². The molecule has 0 N–H and O–H groups in total. The smallest absolute Gasteiger partial charge is 0.119 e. The molecule has 0 aromatic heterocycles. The van der Waals surface area contributed by atoms with Crippen LogP contribution >= 0.6 is 15.9 Å². The van der Waals surface area contributed by atoms with Gasteiger partial charge in [-0.3, -0.25) is 0 Å². The van der Waals surface area contributed by atoms with E-state index >= 15 is 0 Å². The standard InChI is InChI=1S/C16H23BrO2/c1-12-6-7-16(19-12)10-14(11-17)8-13-4-3-5-15(9-13)18-2/h3-5,9,12,14,16H,6-8,10-11H2,1-2H3. The fraction of sp³-hybridized carbons (Fsp3) is 0.625. The molecule has 0 radical (unpaired) electrons. The SMILES string of the molecule is COc1cccc(CC(CBr)CC2CCC(C)O2)c1. The molecule has 0 saturated carbocycles. The molecule has 1 aromatic carbocycles. The van der Waals surface area contributed by atoms with Crippen molar-refractivity contribution in [1.82, 2.24) is 0 Å². The number of ether oxygens (including phenoxy) is 2. The van der Waals surface area contributed by atoms with Gasteiger partial charge < -0.3 is 9.47 Å². The first-order valence-electron chi connectivity index (χ1n) is 7.05. The molecule has 3 heteroatoms. The quantitative estimate of drug-likeness (QED) is 0.729. The normalized spacial score (nSPS) is 24.4. The zero-order valence-corrected chi connectivity index (χ0v) is 13.4. The predicted molar refractivity (Wildman–Crippen MR) is 82.2 cm³/mol. The minimum atomic E-state index is 0.442. The molecule has 1 aromatic rings. The molecule has 0 bridgehead atoms. The highest BCUT2D eigenvalue weighted by atomic mass is 79.9. The van der Waals surface area contributed by atoms with Crippen molar-refractivity contribution < 1.29 is 9.47 Å². The largest absolute Gasteiger partial charge is 0.497 e. The van der Waals surface area contributed by atoms with Crippen molar-refractivity contribution in [3.8, 4) is 5.75 Å². The van der Waals surface area contributed by atoms with Crippen molar-refractivity contribution >= 4 is 15.9 Å². The molecular weight excluding hydrogens is 304 g/mol. The van der Waals surface area contributed by atoms with E-state index < -0.39 is 0 Å². The maximum atomic E-state index is 5.93. The summed E-state index contributed by atoms with van der Waals surface area (Å²) in [5.74, 6) is 1.57. The Kier molecular flexibility index (Phi) is 5.71. The Bertz CT molecular complexity index is 394. The van der Waals surface area contributed by atoms with E-state index in [0.29, 0.717) is 18.1 Å². The van der Waals surface area contributed by atoms with E-state index in [2.05, 4.69) is 41.1 Å². The van der Waals surface area contributed by atoms with Crippen molar-refractivity contribution in [2.45, 2.75) is 44.8 Å². The summed E-state index contributed by atoms with van der Waals surface area (Å²) < 4.78 is 11.2. The molecule has 19 heavy (non-hydrogen) atoms. The topological polar surface area (TPSA) is 18.5 Å². The van der Waals surface area contributed by atoms with Gasteiger partial charge in [0.1, 0.15) is 5.75 Å². The van der Waals surface area contributed by atoms with Crippen molar-refractivity contribution in [2.24, 2.45) is 5.92 Å². The van der Waals surface area contributed by atoms with E-state index in [1.54, 1.807) is 7.11 Å². The van der Waals surface area contributed by atoms with Crippen LogP contribution in [-0.2, 0) is 11.2 Å². The number of methoxy groups -OCH3 is 1. The zero-order valence-electron chi connectivity index (χ0n) is 11.8. The van der Waals surface area contributed by atoms with Gasteiger partial charge in [0.2, 0.25) is 0 Å². The Hall–Kier alpha value is -0.540. The van der Waals surface area contributed by atoms with E-state index in [-0.39, 0.29) is 0 Å². The number of benzene rings is 1. The molecule has 2 rings (SSSR count). The highest BCUT2D eigenvalue weighted by Gasteiger charge is 2.24. The number of hydrogen-bond acceptors (Lipinski definition) is 2. The maximum Gasteiger partial charge on any atom is 0.119 e. The van der Waals surface area contributed by atoms with E-state index in [1.807, 2.05) is 6.07 Å². The summed E-state index contributed by atoms with van der Waals surface area (Å²) in [6, 6.07) is 8.37. The van der Waals surface area contributed by atoms with Crippen LogP contribution in [0.2, 0.25) is 0 Å². The minimum absolute atomic E-state index is 0.442. The average molecular weight is 327 g/mol. The van der Waals surface area contributed by atoms with Gasteiger partial charge in [-0.1, -0.05) is 28.1 Å². The van der Waals surface area contributed by atoms with Crippen molar-refractivity contribution in [3.05, 3.63) is 29.8 Å². The summed E-state index contributed by atoms with van der Waals surface area (Å²) in [4.78, 5) is 0. The van der Waals surface area contributed by atoms with Crippen LogP contribution < -0.4 is 4.74 Å². The molecule has 1 saturated heterocycles. The summed E-state index contributed by atoms with van der Waals surface area (Å²) in [5.41, 5.74) is 1.34. The number of halogens is 1. The molecule has 0 aliphatic carbocycles. The first kappa shape index (κ1) is 14.9. The molecule has 0 spiro atoms. The van der Waals surface area contributed by atoms with E-state index in [0.717, 1.165) is 23.9 Å². The Labute approximate surface area is 124 Å². The minimum Gasteiger partial charge on any atom is -0.497 e. The molecular formula is C16H23BrO2. The molecule has 0 amide bonds. The molecule has 1 aliphatic heterocycles. The van der Waals surface area contributed by atoms with Crippen LogP contribution in [-0.4, -0.2) is 24.6 Å². The lowest BCUT2D eigenvalue weighted by atomic mass is 9.94. The average Bonchev–Trinajstić information content (AvgIpc) is 2.83. The monoisotopic (exact) mass is 326 g/mol. The summed E-state index contributed by atoms with van der Waals surface area (Å²) in [5, 5.41) is 1.03. The molecule has 3 unspecified atom stereocenters. The van der Waals surface area contributed by atoms with Crippen LogP contribution in [0.3, 0.4) is 0 Å². The zero-order chi connectivity index (χ0) is 13.7. The van der Waals surface area contributed by atoms with Gasteiger partial charge in [-0.2, -0.15) is 0 Å². The molecule has 1 aliphatic rings. The fourth-order valence-corrected chi connectivity index (χ4v) is 3.26. The summed E-state index contributed by atoms with van der Waals surface area (Å²) >= 11 is 3.64. The van der Waals surface area contributed by atoms with Crippen LogP contribution in [0, 0.1) is 5.92 Å². The van der Waals surface area contributed by atoms with Gasteiger partial charge in [0.05, 0.1) is 19.3 Å². The van der Waals surface area contributed by atoms with Crippen molar-refractivity contribution in [2.75, 3.05) is 12.4 Å².